The van der Waals surface area contributed by atoms with Crippen molar-refractivity contribution in [3.63, 3.8) is 0 Å². The van der Waals surface area contributed by atoms with Gasteiger partial charge in [-0.1, -0.05) is 30.9 Å². The van der Waals surface area contributed by atoms with Gasteiger partial charge < -0.3 is 10.5 Å². The Hall–Kier alpha value is -2.33. The first kappa shape index (κ1) is 15.7. The number of amides is 1. The van der Waals surface area contributed by atoms with Crippen LogP contribution in [0.2, 0.25) is 0 Å². The third-order valence-corrected chi connectivity index (χ3v) is 2.56. The van der Waals surface area contributed by atoms with E-state index < -0.39 is 11.3 Å². The van der Waals surface area contributed by atoms with Gasteiger partial charge in [0.05, 0.1) is 0 Å². The number of hydrogen-bond donors (Lipinski definition) is 1. The summed E-state index contributed by atoms with van der Waals surface area (Å²) < 4.78 is 4.70. The SMILES string of the molecule is C=C(C=CC(=CC)C(N)=O)c1ccc(OC(=O)Cl)cc1. The van der Waals surface area contributed by atoms with Crippen LogP contribution in [-0.4, -0.2) is 11.3 Å². The predicted octanol–water partition coefficient (Wildman–Crippen LogP) is 3.43. The highest BCUT2D eigenvalue weighted by atomic mass is 35.5. The molecule has 1 rings (SSSR count). The zero-order chi connectivity index (χ0) is 15.1. The van der Waals surface area contributed by atoms with E-state index in [0.29, 0.717) is 16.9 Å². The third-order valence-electron chi connectivity index (χ3n) is 2.48. The molecule has 0 aliphatic carbocycles. The molecule has 0 bridgehead atoms. The maximum atomic E-state index is 11.0. The van der Waals surface area contributed by atoms with E-state index in [1.165, 1.54) is 0 Å². The number of allylic oxidation sites excluding steroid dienone is 3. The van der Waals surface area contributed by atoms with Gasteiger partial charge in [0, 0.05) is 17.2 Å². The van der Waals surface area contributed by atoms with Crippen molar-refractivity contribution >= 4 is 28.5 Å². The van der Waals surface area contributed by atoms with Crippen molar-refractivity contribution in [1.82, 2.24) is 0 Å². The number of nitrogens with two attached hydrogens (primary N) is 1. The van der Waals surface area contributed by atoms with E-state index in [4.69, 9.17) is 22.1 Å². The number of benzene rings is 1. The van der Waals surface area contributed by atoms with E-state index in [-0.39, 0.29) is 0 Å². The number of primary amides is 1. The average molecular weight is 292 g/mol. The quantitative estimate of drug-likeness (QED) is 0.513. The Morgan fingerprint density at radius 1 is 1.25 bits per heavy atom. The van der Waals surface area contributed by atoms with Crippen molar-refractivity contribution in [3.05, 3.63) is 60.2 Å². The Labute approximate surface area is 122 Å². The molecule has 0 heterocycles. The maximum Gasteiger partial charge on any atom is 0.409 e. The second kappa shape index (κ2) is 7.31. The van der Waals surface area contributed by atoms with Crippen LogP contribution >= 0.6 is 11.6 Å². The first-order valence-electron chi connectivity index (χ1n) is 5.75. The molecule has 2 N–H and O–H groups in total. The zero-order valence-electron chi connectivity index (χ0n) is 10.9. The lowest BCUT2D eigenvalue weighted by Crippen LogP contribution is -2.12. The maximum absolute atomic E-state index is 11.0. The Morgan fingerprint density at radius 2 is 1.85 bits per heavy atom. The van der Waals surface area contributed by atoms with Crippen molar-refractivity contribution in [2.45, 2.75) is 6.92 Å². The van der Waals surface area contributed by atoms with E-state index in [1.807, 2.05) is 0 Å². The Bertz CT molecular complexity index is 586. The average Bonchev–Trinajstić information content (AvgIpc) is 2.39. The molecule has 0 saturated heterocycles. The lowest BCUT2D eigenvalue weighted by Gasteiger charge is -2.03. The molecule has 0 fully saturated rings. The van der Waals surface area contributed by atoms with Crippen molar-refractivity contribution in [2.24, 2.45) is 5.73 Å². The van der Waals surface area contributed by atoms with Crippen LogP contribution in [0.5, 0.6) is 5.75 Å². The molecule has 0 aliphatic rings. The van der Waals surface area contributed by atoms with Crippen LogP contribution in [0.15, 0.2) is 54.6 Å². The van der Waals surface area contributed by atoms with Crippen LogP contribution in [0, 0.1) is 0 Å². The van der Waals surface area contributed by atoms with Crippen molar-refractivity contribution in [1.29, 1.82) is 0 Å². The highest BCUT2D eigenvalue weighted by Gasteiger charge is 2.02. The largest absolute Gasteiger partial charge is 0.415 e. The van der Waals surface area contributed by atoms with Gasteiger partial charge in [-0.05, 0) is 36.3 Å². The minimum Gasteiger partial charge on any atom is -0.415 e. The molecular weight excluding hydrogens is 278 g/mol. The fourth-order valence-corrected chi connectivity index (χ4v) is 1.53. The molecule has 0 saturated carbocycles. The number of carbonyl (C=O) groups excluding carboxylic acids is 2. The summed E-state index contributed by atoms with van der Waals surface area (Å²) in [5.41, 5.74) is 6.20. The normalized spacial score (nSPS) is 11.4. The van der Waals surface area contributed by atoms with Gasteiger partial charge in [0.25, 0.3) is 0 Å². The van der Waals surface area contributed by atoms with Gasteiger partial charge >= 0.3 is 5.43 Å². The van der Waals surface area contributed by atoms with Gasteiger partial charge in [-0.2, -0.15) is 0 Å². The number of ether oxygens (including phenoxy) is 1. The fraction of sp³-hybridized carbons (Fsp3) is 0.0667. The fourth-order valence-electron chi connectivity index (χ4n) is 1.44. The summed E-state index contributed by atoms with van der Waals surface area (Å²) in [6, 6.07) is 6.64. The Morgan fingerprint density at radius 3 is 2.30 bits per heavy atom. The summed E-state index contributed by atoms with van der Waals surface area (Å²) in [4.78, 5) is 21.6. The molecular formula is C15H14ClNO3. The van der Waals surface area contributed by atoms with Gasteiger partial charge in [0.15, 0.2) is 0 Å². The van der Waals surface area contributed by atoms with E-state index >= 15 is 0 Å². The predicted molar refractivity (Wildman–Crippen MR) is 79.4 cm³/mol. The minimum atomic E-state index is -0.893. The second-order valence-corrected chi connectivity index (χ2v) is 4.14. The molecule has 0 radical (unpaired) electrons. The number of halogens is 1. The molecule has 4 nitrogen and oxygen atoms in total. The molecule has 0 aliphatic heterocycles. The Kier molecular flexibility index (Phi) is 5.74. The molecule has 104 valence electrons. The molecule has 0 spiro atoms. The first-order chi connectivity index (χ1) is 9.43. The van der Waals surface area contributed by atoms with E-state index in [0.717, 1.165) is 5.56 Å². The van der Waals surface area contributed by atoms with Gasteiger partial charge in [0.2, 0.25) is 5.91 Å². The first-order valence-corrected chi connectivity index (χ1v) is 6.12. The molecule has 20 heavy (non-hydrogen) atoms. The lowest BCUT2D eigenvalue weighted by molar-refractivity contribution is -0.114. The molecule has 1 aromatic carbocycles. The molecule has 0 atom stereocenters. The van der Waals surface area contributed by atoms with Crippen molar-refractivity contribution < 1.29 is 14.3 Å². The summed E-state index contributed by atoms with van der Waals surface area (Å²) in [5, 5.41) is 0. The van der Waals surface area contributed by atoms with Crippen LogP contribution < -0.4 is 10.5 Å². The third kappa shape index (κ3) is 4.74. The van der Waals surface area contributed by atoms with Gasteiger partial charge in [-0.3, -0.25) is 4.79 Å². The van der Waals surface area contributed by atoms with Crippen LogP contribution in [0.1, 0.15) is 12.5 Å². The number of carbonyl (C=O) groups is 2. The summed E-state index contributed by atoms with van der Waals surface area (Å²) in [5.74, 6) is -0.155. The molecule has 1 aromatic rings. The van der Waals surface area contributed by atoms with Crippen LogP contribution in [0.25, 0.3) is 5.57 Å². The van der Waals surface area contributed by atoms with Gasteiger partial charge in [-0.15, -0.1) is 0 Å². The van der Waals surface area contributed by atoms with Crippen molar-refractivity contribution in [3.8, 4) is 5.75 Å². The van der Waals surface area contributed by atoms with Crippen LogP contribution in [0.4, 0.5) is 4.79 Å². The summed E-state index contributed by atoms with van der Waals surface area (Å²) in [6.07, 6.45) is 4.90. The van der Waals surface area contributed by atoms with E-state index in [9.17, 15) is 9.59 Å². The molecule has 0 aromatic heterocycles. The number of rotatable bonds is 5. The number of hydrogen-bond acceptors (Lipinski definition) is 3. The van der Waals surface area contributed by atoms with E-state index in [2.05, 4.69) is 6.58 Å². The van der Waals surface area contributed by atoms with Crippen molar-refractivity contribution in [2.75, 3.05) is 0 Å². The lowest BCUT2D eigenvalue weighted by atomic mass is 10.1. The molecule has 1 amide bonds. The van der Waals surface area contributed by atoms with E-state index in [1.54, 1.807) is 49.4 Å². The monoisotopic (exact) mass is 291 g/mol. The van der Waals surface area contributed by atoms with Gasteiger partial charge in [0.1, 0.15) is 5.75 Å². The zero-order valence-corrected chi connectivity index (χ0v) is 11.7. The van der Waals surface area contributed by atoms with Crippen LogP contribution in [-0.2, 0) is 4.79 Å². The van der Waals surface area contributed by atoms with Gasteiger partial charge in [-0.25, -0.2) is 4.79 Å². The Balaban J connectivity index is 2.80. The van der Waals surface area contributed by atoms with Crippen LogP contribution in [0.3, 0.4) is 0 Å². The molecule has 5 heteroatoms. The second-order valence-electron chi connectivity index (χ2n) is 3.83. The topological polar surface area (TPSA) is 69.4 Å². The highest BCUT2D eigenvalue weighted by Crippen LogP contribution is 2.19. The standard InChI is InChI=1S/C15H14ClNO3/c1-3-11(14(17)18)5-4-10(2)12-6-8-13(9-7-12)20-15(16)19/h3-9H,2H2,1H3,(H2,17,18). The summed E-state index contributed by atoms with van der Waals surface area (Å²) in [6.45, 7) is 5.61. The smallest absolute Gasteiger partial charge is 0.409 e. The highest BCUT2D eigenvalue weighted by molar-refractivity contribution is 6.61. The molecule has 0 unspecified atom stereocenters. The minimum absolute atomic E-state index is 0.344. The summed E-state index contributed by atoms with van der Waals surface area (Å²) >= 11 is 5.10. The summed E-state index contributed by atoms with van der Waals surface area (Å²) in [7, 11) is 0.